The molecule has 1 fully saturated rings. The highest BCUT2D eigenvalue weighted by atomic mass is 35.5. The Hall–Kier alpha value is -2.69. The van der Waals surface area contributed by atoms with E-state index in [0.29, 0.717) is 40.3 Å². The lowest BCUT2D eigenvalue weighted by molar-refractivity contribution is -0.139. The molecule has 1 aliphatic heterocycles. The molecule has 0 saturated heterocycles. The van der Waals surface area contributed by atoms with Gasteiger partial charge in [-0.15, -0.1) is 0 Å². The highest BCUT2D eigenvalue weighted by Gasteiger charge is 2.31. The molecule has 9 nitrogen and oxygen atoms in total. The smallest absolute Gasteiger partial charge is 0.244 e. The van der Waals surface area contributed by atoms with Crippen molar-refractivity contribution in [3.63, 3.8) is 0 Å². The van der Waals surface area contributed by atoms with Crippen LogP contribution in [0, 0.1) is 0 Å². The van der Waals surface area contributed by atoms with Gasteiger partial charge in [0.25, 0.3) is 0 Å². The van der Waals surface area contributed by atoms with Crippen molar-refractivity contribution in [2.45, 2.75) is 57.7 Å². The van der Waals surface area contributed by atoms with Crippen LogP contribution in [-0.2, 0) is 26.2 Å². The van der Waals surface area contributed by atoms with Gasteiger partial charge in [0, 0.05) is 18.7 Å². The van der Waals surface area contributed by atoms with Gasteiger partial charge in [-0.05, 0) is 49.6 Å². The Bertz CT molecular complexity index is 1320. The molecule has 0 unspecified atom stereocenters. The number of amides is 2. The van der Waals surface area contributed by atoms with E-state index in [-0.39, 0.29) is 24.2 Å². The Labute approximate surface area is 239 Å². The van der Waals surface area contributed by atoms with Gasteiger partial charge in [-0.25, -0.2) is 8.42 Å². The van der Waals surface area contributed by atoms with Gasteiger partial charge in [0.1, 0.15) is 25.8 Å². The van der Waals surface area contributed by atoms with E-state index in [1.54, 1.807) is 37.3 Å². The molecule has 0 aromatic heterocycles. The highest BCUT2D eigenvalue weighted by molar-refractivity contribution is 7.92. The molecule has 4 rings (SSSR count). The molecule has 2 aromatic carbocycles. The maximum Gasteiger partial charge on any atom is 0.244 e. The standard InChI is InChI=1S/C27H33Cl2N3O6S/c1-18(27(34)30-20-6-4-3-5-7-20)31(16-19-8-10-22(28)23(29)14-19)26(33)17-32(39(2,35)36)21-9-11-24-25(15-21)38-13-12-37-24/h8-11,14-15,18,20H,3-7,12-13,16-17H2,1-2H3,(H,30,34)/t18-/m1/s1. The predicted octanol–water partition coefficient (Wildman–Crippen LogP) is 4.40. The van der Waals surface area contributed by atoms with Crippen molar-refractivity contribution in [1.29, 1.82) is 0 Å². The summed E-state index contributed by atoms with van der Waals surface area (Å²) in [5.41, 5.74) is 0.907. The number of sulfonamides is 1. The molecule has 212 valence electrons. The molecule has 2 amide bonds. The van der Waals surface area contributed by atoms with E-state index in [2.05, 4.69) is 5.32 Å². The van der Waals surface area contributed by atoms with Gasteiger partial charge >= 0.3 is 0 Å². The van der Waals surface area contributed by atoms with Crippen LogP contribution in [-0.4, -0.2) is 63.2 Å². The third-order valence-electron chi connectivity index (χ3n) is 6.95. The molecule has 1 N–H and O–H groups in total. The number of halogens is 2. The number of ether oxygens (including phenoxy) is 2. The summed E-state index contributed by atoms with van der Waals surface area (Å²) in [6.07, 6.45) is 6.05. The van der Waals surface area contributed by atoms with Gasteiger partial charge in [-0.1, -0.05) is 48.5 Å². The van der Waals surface area contributed by atoms with E-state index in [1.807, 2.05) is 0 Å². The van der Waals surface area contributed by atoms with Crippen LogP contribution < -0.4 is 19.1 Å². The van der Waals surface area contributed by atoms with Gasteiger partial charge in [-0.2, -0.15) is 0 Å². The second-order valence-electron chi connectivity index (χ2n) is 9.89. The predicted molar refractivity (Wildman–Crippen MR) is 151 cm³/mol. The third-order valence-corrected chi connectivity index (χ3v) is 8.83. The van der Waals surface area contributed by atoms with E-state index in [9.17, 15) is 18.0 Å². The summed E-state index contributed by atoms with van der Waals surface area (Å²) in [4.78, 5) is 28.4. The van der Waals surface area contributed by atoms with Crippen LogP contribution in [0.15, 0.2) is 36.4 Å². The van der Waals surface area contributed by atoms with Crippen molar-refractivity contribution in [2.75, 3.05) is 30.3 Å². The molecule has 12 heteroatoms. The average Bonchev–Trinajstić information content (AvgIpc) is 2.91. The third kappa shape index (κ3) is 7.49. The molecule has 0 bridgehead atoms. The largest absolute Gasteiger partial charge is 0.486 e. The van der Waals surface area contributed by atoms with Gasteiger partial charge in [-0.3, -0.25) is 13.9 Å². The molecule has 1 aliphatic carbocycles. The summed E-state index contributed by atoms with van der Waals surface area (Å²) in [6, 6.07) is 8.86. The topological polar surface area (TPSA) is 105 Å². The monoisotopic (exact) mass is 597 g/mol. The Morgan fingerprint density at radius 2 is 1.69 bits per heavy atom. The van der Waals surface area contributed by atoms with Gasteiger partial charge in [0.15, 0.2) is 11.5 Å². The first-order chi connectivity index (χ1) is 18.5. The normalized spacial score (nSPS) is 16.3. The van der Waals surface area contributed by atoms with E-state index in [0.717, 1.165) is 42.7 Å². The Morgan fingerprint density at radius 3 is 2.36 bits per heavy atom. The first kappa shape index (κ1) is 29.3. The second kappa shape index (κ2) is 12.7. The number of hydrogen-bond donors (Lipinski definition) is 1. The van der Waals surface area contributed by atoms with E-state index in [1.165, 1.54) is 11.0 Å². The van der Waals surface area contributed by atoms with E-state index in [4.69, 9.17) is 32.7 Å². The van der Waals surface area contributed by atoms with Crippen molar-refractivity contribution >= 4 is 50.7 Å². The van der Waals surface area contributed by atoms with Crippen LogP contribution in [0.25, 0.3) is 0 Å². The lowest BCUT2D eigenvalue weighted by atomic mass is 9.95. The number of fused-ring (bicyclic) bond motifs is 1. The molecule has 0 radical (unpaired) electrons. The minimum absolute atomic E-state index is 0.0354. The fourth-order valence-corrected chi connectivity index (χ4v) is 5.95. The van der Waals surface area contributed by atoms with Crippen molar-refractivity contribution in [3.8, 4) is 11.5 Å². The van der Waals surface area contributed by atoms with Gasteiger partial charge in [0.2, 0.25) is 21.8 Å². The van der Waals surface area contributed by atoms with E-state index < -0.39 is 28.5 Å². The van der Waals surface area contributed by atoms with Gasteiger partial charge < -0.3 is 19.7 Å². The number of carbonyl (C=O) groups excluding carboxylic acids is 2. The molecule has 2 aliphatic rings. The lowest BCUT2D eigenvalue weighted by Gasteiger charge is -2.33. The molecular formula is C27H33Cl2N3O6S. The number of benzene rings is 2. The zero-order chi connectivity index (χ0) is 28.2. The van der Waals surface area contributed by atoms with Crippen LogP contribution in [0.3, 0.4) is 0 Å². The highest BCUT2D eigenvalue weighted by Crippen LogP contribution is 2.35. The first-order valence-corrected chi connectivity index (χ1v) is 15.5. The maximum atomic E-state index is 13.8. The molecule has 0 spiro atoms. The van der Waals surface area contributed by atoms with Crippen LogP contribution in [0.5, 0.6) is 11.5 Å². The summed E-state index contributed by atoms with van der Waals surface area (Å²) >= 11 is 12.3. The minimum atomic E-state index is -3.88. The lowest BCUT2D eigenvalue weighted by Crippen LogP contribution is -2.53. The molecular weight excluding hydrogens is 565 g/mol. The molecule has 1 saturated carbocycles. The van der Waals surface area contributed by atoms with Crippen molar-refractivity contribution in [2.24, 2.45) is 0 Å². The zero-order valence-corrected chi connectivity index (χ0v) is 24.3. The number of nitrogens with zero attached hydrogens (tertiary/aromatic N) is 2. The number of nitrogens with one attached hydrogen (secondary N) is 1. The number of anilines is 1. The summed E-state index contributed by atoms with van der Waals surface area (Å²) in [5.74, 6) is 0.0555. The first-order valence-electron chi connectivity index (χ1n) is 12.9. The summed E-state index contributed by atoms with van der Waals surface area (Å²) in [7, 11) is -3.88. The zero-order valence-electron chi connectivity index (χ0n) is 22.0. The minimum Gasteiger partial charge on any atom is -0.486 e. The molecule has 2 aromatic rings. The summed E-state index contributed by atoms with van der Waals surface area (Å²) < 4.78 is 37.8. The molecule has 1 atom stereocenters. The summed E-state index contributed by atoms with van der Waals surface area (Å²) in [6.45, 7) is 1.89. The van der Waals surface area contributed by atoms with Crippen LogP contribution in [0.1, 0.15) is 44.6 Å². The van der Waals surface area contributed by atoms with Crippen molar-refractivity contribution in [3.05, 3.63) is 52.0 Å². The maximum absolute atomic E-state index is 13.8. The summed E-state index contributed by atoms with van der Waals surface area (Å²) in [5, 5.41) is 3.75. The fourth-order valence-electron chi connectivity index (χ4n) is 4.79. The second-order valence-corrected chi connectivity index (χ2v) is 12.6. The number of carbonyl (C=O) groups is 2. The van der Waals surface area contributed by atoms with Crippen molar-refractivity contribution in [1.82, 2.24) is 10.2 Å². The SMILES string of the molecule is C[C@H](C(=O)NC1CCCCC1)N(Cc1ccc(Cl)c(Cl)c1)C(=O)CN(c1ccc2c(c1)OCCO2)S(C)(=O)=O. The quantitative estimate of drug-likeness (QED) is 0.459. The number of hydrogen-bond acceptors (Lipinski definition) is 6. The molecule has 39 heavy (non-hydrogen) atoms. The van der Waals surface area contributed by atoms with Crippen LogP contribution in [0.2, 0.25) is 10.0 Å². The Kier molecular flexibility index (Phi) is 9.51. The van der Waals surface area contributed by atoms with Crippen LogP contribution >= 0.6 is 23.2 Å². The number of rotatable bonds is 9. The van der Waals surface area contributed by atoms with Gasteiger partial charge in [0.05, 0.1) is 22.0 Å². The van der Waals surface area contributed by atoms with Crippen molar-refractivity contribution < 1.29 is 27.5 Å². The fraction of sp³-hybridized carbons (Fsp3) is 0.481. The average molecular weight is 599 g/mol. The van der Waals surface area contributed by atoms with E-state index >= 15 is 0 Å². The van der Waals surface area contributed by atoms with Crippen LogP contribution in [0.4, 0.5) is 5.69 Å². The Balaban J connectivity index is 1.60. The molecule has 1 heterocycles. The Morgan fingerprint density at radius 1 is 1.00 bits per heavy atom.